The van der Waals surface area contributed by atoms with Gasteiger partial charge in [0.1, 0.15) is 0 Å². The van der Waals surface area contributed by atoms with Gasteiger partial charge in [0.2, 0.25) is 0 Å². The Labute approximate surface area is 132 Å². The molecule has 1 aliphatic rings. The van der Waals surface area contributed by atoms with E-state index in [1.165, 1.54) is 41.5 Å². The lowest BCUT2D eigenvalue weighted by molar-refractivity contribution is 0.420. The van der Waals surface area contributed by atoms with Crippen molar-refractivity contribution in [3.05, 3.63) is 58.6 Å². The van der Waals surface area contributed by atoms with Crippen molar-refractivity contribution in [2.24, 2.45) is 0 Å². The second kappa shape index (κ2) is 6.64. The second-order valence-corrected chi connectivity index (χ2v) is 6.21. The predicted octanol–water partition coefficient (Wildman–Crippen LogP) is 5.38. The first kappa shape index (κ1) is 14.6. The zero-order valence-corrected chi connectivity index (χ0v) is 13.3. The van der Waals surface area contributed by atoms with Crippen LogP contribution in [-0.4, -0.2) is 6.54 Å². The van der Waals surface area contributed by atoms with Gasteiger partial charge in [-0.05, 0) is 53.6 Å². The van der Waals surface area contributed by atoms with Crippen molar-refractivity contribution in [1.29, 1.82) is 0 Å². The van der Waals surface area contributed by atoms with Crippen LogP contribution < -0.4 is 5.32 Å². The molecule has 0 bridgehead atoms. The van der Waals surface area contributed by atoms with E-state index < -0.39 is 0 Å². The molecule has 1 fully saturated rings. The van der Waals surface area contributed by atoms with E-state index in [0.29, 0.717) is 0 Å². The Kier molecular flexibility index (Phi) is 4.62. The van der Waals surface area contributed by atoms with Crippen molar-refractivity contribution < 1.29 is 0 Å². The summed E-state index contributed by atoms with van der Waals surface area (Å²) in [7, 11) is 0. The maximum Gasteiger partial charge on any atom is 0.0457 e. The first-order chi connectivity index (χ1) is 10.3. The normalized spacial score (nSPS) is 15.0. The Morgan fingerprint density at radius 2 is 1.95 bits per heavy atom. The van der Waals surface area contributed by atoms with Crippen LogP contribution in [0.5, 0.6) is 0 Å². The quantitative estimate of drug-likeness (QED) is 0.781. The topological polar surface area (TPSA) is 12.0 Å². The van der Waals surface area contributed by atoms with Crippen LogP contribution in [0.4, 0.5) is 0 Å². The van der Waals surface area contributed by atoms with Gasteiger partial charge >= 0.3 is 0 Å². The smallest absolute Gasteiger partial charge is 0.0457 e. The van der Waals surface area contributed by atoms with E-state index in [9.17, 15) is 0 Å². The summed E-state index contributed by atoms with van der Waals surface area (Å²) in [4.78, 5) is 0. The lowest BCUT2D eigenvalue weighted by Gasteiger charge is -2.28. The van der Waals surface area contributed by atoms with Crippen LogP contribution in [0, 0.1) is 0 Å². The van der Waals surface area contributed by atoms with E-state index >= 15 is 0 Å². The van der Waals surface area contributed by atoms with Crippen molar-refractivity contribution in [3.8, 4) is 11.1 Å². The molecule has 1 nitrogen and oxygen atoms in total. The third-order valence-electron chi connectivity index (χ3n) is 4.44. The van der Waals surface area contributed by atoms with Gasteiger partial charge in [-0.1, -0.05) is 61.3 Å². The molecular formula is C19H22ClN. The van der Waals surface area contributed by atoms with E-state index in [0.717, 1.165) is 24.0 Å². The highest BCUT2D eigenvalue weighted by Gasteiger charge is 2.22. The Hall–Kier alpha value is -1.31. The molecule has 0 amide bonds. The van der Waals surface area contributed by atoms with E-state index in [4.69, 9.17) is 11.6 Å². The van der Waals surface area contributed by atoms with Gasteiger partial charge in [0.05, 0.1) is 0 Å². The Morgan fingerprint density at radius 3 is 2.62 bits per heavy atom. The van der Waals surface area contributed by atoms with E-state index in [-0.39, 0.29) is 0 Å². The van der Waals surface area contributed by atoms with Crippen molar-refractivity contribution in [2.75, 3.05) is 6.54 Å². The molecule has 1 aliphatic carbocycles. The minimum Gasteiger partial charge on any atom is -0.313 e. The van der Waals surface area contributed by atoms with Crippen LogP contribution >= 0.6 is 11.6 Å². The fraction of sp³-hybridized carbons (Fsp3) is 0.368. The average Bonchev–Trinajstić information content (AvgIpc) is 2.45. The second-order valence-electron chi connectivity index (χ2n) is 5.80. The van der Waals surface area contributed by atoms with Crippen molar-refractivity contribution in [3.63, 3.8) is 0 Å². The van der Waals surface area contributed by atoms with Gasteiger partial charge in [-0.15, -0.1) is 0 Å². The molecule has 21 heavy (non-hydrogen) atoms. The summed E-state index contributed by atoms with van der Waals surface area (Å²) in [5.74, 6) is 0.737. The molecule has 0 unspecified atom stereocenters. The number of halogens is 1. The lowest BCUT2D eigenvalue weighted by Crippen LogP contribution is -2.12. The maximum absolute atomic E-state index is 6.45. The predicted molar refractivity (Wildman–Crippen MR) is 90.9 cm³/mol. The van der Waals surface area contributed by atoms with Crippen LogP contribution in [-0.2, 0) is 6.54 Å². The third-order valence-corrected chi connectivity index (χ3v) is 4.79. The monoisotopic (exact) mass is 299 g/mol. The molecule has 0 aromatic heterocycles. The molecule has 0 radical (unpaired) electrons. The van der Waals surface area contributed by atoms with Gasteiger partial charge in [-0.2, -0.15) is 0 Å². The standard InChI is InChI=1S/C19H22ClN/c1-2-21-13-16-11-10-15(12-19(16)20)18-9-4-3-8-17(18)14-6-5-7-14/h3-4,8-12,14,21H,2,5-7,13H2,1H3. The molecule has 0 heterocycles. The number of nitrogens with one attached hydrogen (secondary N) is 1. The highest BCUT2D eigenvalue weighted by molar-refractivity contribution is 6.31. The largest absolute Gasteiger partial charge is 0.313 e. The van der Waals surface area contributed by atoms with Crippen LogP contribution in [0.15, 0.2) is 42.5 Å². The van der Waals surface area contributed by atoms with E-state index in [2.05, 4.69) is 54.7 Å². The average molecular weight is 300 g/mol. The van der Waals surface area contributed by atoms with E-state index in [1.807, 2.05) is 0 Å². The highest BCUT2D eigenvalue weighted by atomic mass is 35.5. The Balaban J connectivity index is 1.92. The van der Waals surface area contributed by atoms with Crippen LogP contribution in [0.3, 0.4) is 0 Å². The molecule has 3 rings (SSSR count). The molecule has 2 heteroatoms. The summed E-state index contributed by atoms with van der Waals surface area (Å²) < 4.78 is 0. The Bertz CT molecular complexity index is 617. The van der Waals surface area contributed by atoms with Gasteiger partial charge in [-0.25, -0.2) is 0 Å². The minimum atomic E-state index is 0.737. The maximum atomic E-state index is 6.45. The van der Waals surface area contributed by atoms with Gasteiger partial charge < -0.3 is 5.32 Å². The van der Waals surface area contributed by atoms with Gasteiger partial charge in [0.25, 0.3) is 0 Å². The molecule has 110 valence electrons. The summed E-state index contributed by atoms with van der Waals surface area (Å²) in [6.07, 6.45) is 4.01. The SMILES string of the molecule is CCNCc1ccc(-c2ccccc2C2CCC2)cc1Cl. The number of hydrogen-bond donors (Lipinski definition) is 1. The fourth-order valence-electron chi connectivity index (χ4n) is 2.95. The van der Waals surface area contributed by atoms with E-state index in [1.54, 1.807) is 0 Å². The molecular weight excluding hydrogens is 278 g/mol. The zero-order chi connectivity index (χ0) is 14.7. The first-order valence-electron chi connectivity index (χ1n) is 7.88. The number of rotatable bonds is 5. The number of hydrogen-bond acceptors (Lipinski definition) is 1. The van der Waals surface area contributed by atoms with Gasteiger partial charge in [0.15, 0.2) is 0 Å². The molecule has 0 saturated heterocycles. The van der Waals surface area contributed by atoms with Gasteiger partial charge in [-0.3, -0.25) is 0 Å². The summed E-state index contributed by atoms with van der Waals surface area (Å²) in [6, 6.07) is 15.2. The summed E-state index contributed by atoms with van der Waals surface area (Å²) in [6.45, 7) is 3.90. The van der Waals surface area contributed by atoms with Crippen molar-refractivity contribution in [1.82, 2.24) is 5.32 Å². The molecule has 0 aliphatic heterocycles. The third kappa shape index (κ3) is 3.14. The molecule has 0 atom stereocenters. The number of benzene rings is 2. The molecule has 0 spiro atoms. The van der Waals surface area contributed by atoms with Crippen LogP contribution in [0.2, 0.25) is 5.02 Å². The highest BCUT2D eigenvalue weighted by Crippen LogP contribution is 2.41. The van der Waals surface area contributed by atoms with Crippen molar-refractivity contribution in [2.45, 2.75) is 38.6 Å². The molecule has 2 aromatic rings. The summed E-state index contributed by atoms with van der Waals surface area (Å²) in [5, 5.41) is 4.19. The summed E-state index contributed by atoms with van der Waals surface area (Å²) in [5.41, 5.74) is 5.24. The first-order valence-corrected chi connectivity index (χ1v) is 8.26. The Morgan fingerprint density at radius 1 is 1.14 bits per heavy atom. The van der Waals surface area contributed by atoms with Crippen molar-refractivity contribution >= 4 is 11.6 Å². The summed E-state index contributed by atoms with van der Waals surface area (Å²) >= 11 is 6.45. The van der Waals surface area contributed by atoms with Gasteiger partial charge in [0, 0.05) is 11.6 Å². The minimum absolute atomic E-state index is 0.737. The fourth-order valence-corrected chi connectivity index (χ4v) is 3.20. The zero-order valence-electron chi connectivity index (χ0n) is 12.5. The van der Waals surface area contributed by atoms with Crippen LogP contribution in [0.1, 0.15) is 43.2 Å². The van der Waals surface area contributed by atoms with Crippen LogP contribution in [0.25, 0.3) is 11.1 Å². The molecule has 1 saturated carbocycles. The molecule has 2 aromatic carbocycles. The molecule has 1 N–H and O–H groups in total. The lowest BCUT2D eigenvalue weighted by atomic mass is 9.77.